The van der Waals surface area contributed by atoms with Crippen molar-refractivity contribution in [3.8, 4) is 0 Å². The van der Waals surface area contributed by atoms with Crippen LogP contribution in [-0.2, 0) is 22.3 Å². The second kappa shape index (κ2) is 7.02. The molecule has 0 aliphatic carbocycles. The highest BCUT2D eigenvalue weighted by molar-refractivity contribution is 5.93. The molecule has 10 heteroatoms. The SMILES string of the molecule is NC(=O)Cn1ccc(NCC(=O)Nc2ccc(C(F)(F)F)cc2)n1. The molecular formula is C14H14F3N5O2. The lowest BCUT2D eigenvalue weighted by atomic mass is 10.2. The van der Waals surface area contributed by atoms with Gasteiger partial charge in [-0.05, 0) is 24.3 Å². The number of carbonyl (C=O) groups excluding carboxylic acids is 2. The van der Waals surface area contributed by atoms with Crippen LogP contribution in [0.1, 0.15) is 5.56 Å². The van der Waals surface area contributed by atoms with Crippen molar-refractivity contribution >= 4 is 23.3 Å². The van der Waals surface area contributed by atoms with Gasteiger partial charge in [0.25, 0.3) is 0 Å². The molecule has 2 amide bonds. The molecule has 0 radical (unpaired) electrons. The third kappa shape index (κ3) is 5.00. The Balaban J connectivity index is 1.85. The van der Waals surface area contributed by atoms with Gasteiger partial charge in [-0.2, -0.15) is 18.3 Å². The number of nitrogens with zero attached hydrogens (tertiary/aromatic N) is 2. The van der Waals surface area contributed by atoms with Gasteiger partial charge in [0.1, 0.15) is 12.4 Å². The molecule has 0 fully saturated rings. The van der Waals surface area contributed by atoms with Crippen LogP contribution >= 0.6 is 0 Å². The molecule has 1 aromatic heterocycles. The second-order valence-corrected chi connectivity index (χ2v) is 4.84. The van der Waals surface area contributed by atoms with Crippen molar-refractivity contribution in [2.24, 2.45) is 5.73 Å². The van der Waals surface area contributed by atoms with Gasteiger partial charge in [-0.25, -0.2) is 0 Å². The number of hydrogen-bond donors (Lipinski definition) is 3. The monoisotopic (exact) mass is 341 g/mol. The molecule has 0 aliphatic rings. The number of aromatic nitrogens is 2. The summed E-state index contributed by atoms with van der Waals surface area (Å²) in [6.45, 7) is -0.228. The van der Waals surface area contributed by atoms with E-state index in [2.05, 4.69) is 15.7 Å². The Labute approximate surface area is 134 Å². The Hall–Kier alpha value is -3.04. The van der Waals surface area contributed by atoms with E-state index in [1.165, 1.54) is 23.0 Å². The standard InChI is InChI=1S/C14H14F3N5O2/c15-14(16,17)9-1-3-10(4-2-9)20-13(24)7-19-12-5-6-22(21-12)8-11(18)23/h1-6H,7-8H2,(H2,18,23)(H,19,21)(H,20,24). The predicted molar refractivity (Wildman–Crippen MR) is 80.0 cm³/mol. The summed E-state index contributed by atoms with van der Waals surface area (Å²) in [5, 5.41) is 9.14. The van der Waals surface area contributed by atoms with Crippen LogP contribution < -0.4 is 16.4 Å². The van der Waals surface area contributed by atoms with E-state index in [1.54, 1.807) is 6.07 Å². The predicted octanol–water partition coefficient (Wildman–Crippen LogP) is 1.44. The lowest BCUT2D eigenvalue weighted by molar-refractivity contribution is -0.137. The fourth-order valence-corrected chi connectivity index (χ4v) is 1.82. The minimum absolute atomic E-state index is 0.0839. The van der Waals surface area contributed by atoms with E-state index >= 15 is 0 Å². The Morgan fingerprint density at radius 1 is 1.17 bits per heavy atom. The maximum Gasteiger partial charge on any atom is 0.416 e. The molecule has 0 bridgehead atoms. The van der Waals surface area contributed by atoms with Gasteiger partial charge in [-0.3, -0.25) is 14.3 Å². The second-order valence-electron chi connectivity index (χ2n) is 4.84. The average Bonchev–Trinajstić information content (AvgIpc) is 2.91. The van der Waals surface area contributed by atoms with Crippen LogP contribution in [0.4, 0.5) is 24.7 Å². The van der Waals surface area contributed by atoms with E-state index in [1.807, 2.05) is 0 Å². The van der Waals surface area contributed by atoms with Crippen molar-refractivity contribution in [3.63, 3.8) is 0 Å². The van der Waals surface area contributed by atoms with Crippen LogP contribution in [-0.4, -0.2) is 28.1 Å². The summed E-state index contributed by atoms with van der Waals surface area (Å²) in [5.41, 5.74) is 4.48. The molecule has 0 atom stereocenters. The molecular weight excluding hydrogens is 327 g/mol. The number of rotatable bonds is 6. The summed E-state index contributed by atoms with van der Waals surface area (Å²) in [7, 11) is 0. The Morgan fingerprint density at radius 3 is 2.42 bits per heavy atom. The number of nitrogens with two attached hydrogens (primary N) is 1. The Bertz CT molecular complexity index is 725. The maximum absolute atomic E-state index is 12.4. The highest BCUT2D eigenvalue weighted by Crippen LogP contribution is 2.29. The number of hydrogen-bond acceptors (Lipinski definition) is 4. The summed E-state index contributed by atoms with van der Waals surface area (Å²) in [6.07, 6.45) is -2.91. The minimum Gasteiger partial charge on any atom is -0.368 e. The Morgan fingerprint density at radius 2 is 1.83 bits per heavy atom. The number of primary amides is 1. The van der Waals surface area contributed by atoms with Crippen molar-refractivity contribution < 1.29 is 22.8 Å². The summed E-state index contributed by atoms with van der Waals surface area (Å²) in [5.74, 6) is -0.650. The number of benzene rings is 1. The van der Waals surface area contributed by atoms with Crippen molar-refractivity contribution in [2.45, 2.75) is 12.7 Å². The molecule has 4 N–H and O–H groups in total. The van der Waals surface area contributed by atoms with Crippen LogP contribution in [0.5, 0.6) is 0 Å². The first-order valence-electron chi connectivity index (χ1n) is 6.77. The van der Waals surface area contributed by atoms with Crippen LogP contribution in [0.15, 0.2) is 36.5 Å². The van der Waals surface area contributed by atoms with Gasteiger partial charge in [0.05, 0.1) is 12.1 Å². The van der Waals surface area contributed by atoms with Crippen LogP contribution in [0, 0.1) is 0 Å². The molecule has 0 saturated heterocycles. The van der Waals surface area contributed by atoms with E-state index in [-0.39, 0.29) is 18.8 Å². The van der Waals surface area contributed by atoms with E-state index in [4.69, 9.17) is 5.73 Å². The fourth-order valence-electron chi connectivity index (χ4n) is 1.82. The van der Waals surface area contributed by atoms with Crippen molar-refractivity contribution in [1.82, 2.24) is 9.78 Å². The largest absolute Gasteiger partial charge is 0.416 e. The van der Waals surface area contributed by atoms with Gasteiger partial charge in [0.15, 0.2) is 0 Å². The van der Waals surface area contributed by atoms with Gasteiger partial charge >= 0.3 is 6.18 Å². The first-order valence-corrected chi connectivity index (χ1v) is 6.77. The van der Waals surface area contributed by atoms with Gasteiger partial charge in [-0.15, -0.1) is 0 Å². The number of nitrogens with one attached hydrogen (secondary N) is 2. The molecule has 7 nitrogen and oxygen atoms in total. The van der Waals surface area contributed by atoms with Crippen LogP contribution in [0.2, 0.25) is 0 Å². The highest BCUT2D eigenvalue weighted by atomic mass is 19.4. The third-order valence-corrected chi connectivity index (χ3v) is 2.88. The summed E-state index contributed by atoms with van der Waals surface area (Å²) < 4.78 is 38.6. The Kier molecular flexibility index (Phi) is 5.07. The fraction of sp³-hybridized carbons (Fsp3) is 0.214. The van der Waals surface area contributed by atoms with E-state index < -0.39 is 23.6 Å². The van der Waals surface area contributed by atoms with Gasteiger partial charge in [-0.1, -0.05) is 0 Å². The van der Waals surface area contributed by atoms with Crippen molar-refractivity contribution in [1.29, 1.82) is 0 Å². The first-order chi connectivity index (χ1) is 11.2. The lowest BCUT2D eigenvalue weighted by Gasteiger charge is -2.09. The molecule has 24 heavy (non-hydrogen) atoms. The van der Waals surface area contributed by atoms with E-state index in [9.17, 15) is 22.8 Å². The molecule has 0 unspecified atom stereocenters. The number of alkyl halides is 3. The highest BCUT2D eigenvalue weighted by Gasteiger charge is 2.29. The van der Waals surface area contributed by atoms with Crippen LogP contribution in [0.25, 0.3) is 0 Å². The summed E-state index contributed by atoms with van der Waals surface area (Å²) >= 11 is 0. The topological polar surface area (TPSA) is 102 Å². The third-order valence-electron chi connectivity index (χ3n) is 2.88. The molecule has 0 spiro atoms. The van der Waals surface area contributed by atoms with E-state index in [0.29, 0.717) is 5.82 Å². The van der Waals surface area contributed by atoms with Gasteiger partial charge in [0.2, 0.25) is 11.8 Å². The number of halogens is 3. The van der Waals surface area contributed by atoms with Gasteiger partial charge in [0, 0.05) is 18.0 Å². The lowest BCUT2D eigenvalue weighted by Crippen LogP contribution is -2.22. The molecule has 1 aromatic carbocycles. The molecule has 1 heterocycles. The number of carbonyl (C=O) groups is 2. The number of amides is 2. The zero-order chi connectivity index (χ0) is 17.7. The van der Waals surface area contributed by atoms with Gasteiger partial charge < -0.3 is 16.4 Å². The first kappa shape index (κ1) is 17.3. The smallest absolute Gasteiger partial charge is 0.368 e. The maximum atomic E-state index is 12.4. The molecule has 0 aliphatic heterocycles. The van der Waals surface area contributed by atoms with Crippen LogP contribution in [0.3, 0.4) is 0 Å². The molecule has 2 aromatic rings. The normalized spacial score (nSPS) is 11.1. The van der Waals surface area contributed by atoms with Crippen molar-refractivity contribution in [3.05, 3.63) is 42.1 Å². The number of anilines is 2. The average molecular weight is 341 g/mol. The molecule has 128 valence electrons. The zero-order valence-electron chi connectivity index (χ0n) is 12.3. The zero-order valence-corrected chi connectivity index (χ0v) is 12.3. The summed E-state index contributed by atoms with van der Waals surface area (Å²) in [4.78, 5) is 22.5. The minimum atomic E-state index is -4.42. The summed E-state index contributed by atoms with van der Waals surface area (Å²) in [6, 6.07) is 5.65. The molecule has 0 saturated carbocycles. The van der Waals surface area contributed by atoms with Crippen molar-refractivity contribution in [2.75, 3.05) is 17.2 Å². The van der Waals surface area contributed by atoms with E-state index in [0.717, 1.165) is 12.1 Å². The quantitative estimate of drug-likeness (QED) is 0.740. The molecule has 2 rings (SSSR count).